The third kappa shape index (κ3) is 2.47. The first kappa shape index (κ1) is 10.4. The molecule has 0 radical (unpaired) electrons. The maximum absolute atomic E-state index is 10.3. The molecule has 2 aliphatic rings. The minimum Gasteiger partial charge on any atom is -0.479 e. The van der Waals surface area contributed by atoms with Crippen LogP contribution in [0.3, 0.4) is 0 Å². The highest BCUT2D eigenvalue weighted by Gasteiger charge is 2.32. The average molecular weight is 212 g/mol. The number of oxime groups is 1. The zero-order valence-electron chi connectivity index (χ0n) is 8.69. The lowest BCUT2D eigenvalue weighted by atomic mass is 10.0. The Labute approximate surface area is 88.7 Å². The molecule has 1 atom stereocenters. The van der Waals surface area contributed by atoms with Crippen molar-refractivity contribution < 1.29 is 14.7 Å². The Balaban J connectivity index is 1.89. The van der Waals surface area contributed by atoms with Crippen molar-refractivity contribution in [1.29, 1.82) is 0 Å². The van der Waals surface area contributed by atoms with Gasteiger partial charge in [0.25, 0.3) is 0 Å². The third-order valence-electron chi connectivity index (χ3n) is 3.02. The lowest BCUT2D eigenvalue weighted by molar-refractivity contribution is -0.142. The molecule has 0 aromatic heterocycles. The smallest absolute Gasteiger partial charge is 0.344 e. The van der Waals surface area contributed by atoms with E-state index in [1.807, 2.05) is 0 Å². The lowest BCUT2D eigenvalue weighted by Gasteiger charge is -2.28. The van der Waals surface area contributed by atoms with E-state index in [9.17, 15) is 4.79 Å². The van der Waals surface area contributed by atoms with Crippen molar-refractivity contribution in [2.24, 2.45) is 5.16 Å². The molecule has 0 aromatic carbocycles. The van der Waals surface area contributed by atoms with E-state index < -0.39 is 5.97 Å². The number of aliphatic carboxylic acids is 1. The first-order chi connectivity index (χ1) is 7.27. The van der Waals surface area contributed by atoms with Crippen molar-refractivity contribution in [2.45, 2.75) is 31.7 Å². The predicted octanol–water partition coefficient (Wildman–Crippen LogP) is 0.702. The molecule has 2 rings (SSSR count). The van der Waals surface area contributed by atoms with Crippen molar-refractivity contribution in [2.75, 3.05) is 19.7 Å². The second-order valence-electron chi connectivity index (χ2n) is 4.05. The third-order valence-corrected chi connectivity index (χ3v) is 3.02. The Bertz CT molecular complexity index is 278. The molecule has 1 N–H and O–H groups in total. The van der Waals surface area contributed by atoms with Crippen LogP contribution in [0, 0.1) is 0 Å². The van der Waals surface area contributed by atoms with Gasteiger partial charge in [0.2, 0.25) is 6.61 Å². The van der Waals surface area contributed by atoms with Gasteiger partial charge in [-0.2, -0.15) is 0 Å². The number of hydrogen-bond donors (Lipinski definition) is 1. The molecule has 84 valence electrons. The molecular weight excluding hydrogens is 196 g/mol. The Hall–Kier alpha value is -1.10. The van der Waals surface area contributed by atoms with Crippen molar-refractivity contribution in [3.63, 3.8) is 0 Å². The van der Waals surface area contributed by atoms with E-state index in [4.69, 9.17) is 9.94 Å². The maximum Gasteiger partial charge on any atom is 0.344 e. The van der Waals surface area contributed by atoms with Gasteiger partial charge in [-0.05, 0) is 19.4 Å². The molecule has 0 aromatic rings. The van der Waals surface area contributed by atoms with Crippen LogP contribution in [-0.2, 0) is 9.63 Å². The van der Waals surface area contributed by atoms with E-state index in [0.717, 1.165) is 31.6 Å². The highest BCUT2D eigenvalue weighted by atomic mass is 16.6. The van der Waals surface area contributed by atoms with Crippen LogP contribution >= 0.6 is 0 Å². The number of fused-ring (bicyclic) bond motifs is 1. The summed E-state index contributed by atoms with van der Waals surface area (Å²) in [5, 5.41) is 12.4. The highest BCUT2D eigenvalue weighted by molar-refractivity contribution is 5.91. The molecule has 5 nitrogen and oxygen atoms in total. The zero-order valence-corrected chi connectivity index (χ0v) is 8.69. The monoisotopic (exact) mass is 212 g/mol. The van der Waals surface area contributed by atoms with Gasteiger partial charge in [-0.15, -0.1) is 0 Å². The van der Waals surface area contributed by atoms with Crippen LogP contribution in [0.4, 0.5) is 0 Å². The van der Waals surface area contributed by atoms with E-state index in [0.29, 0.717) is 6.04 Å². The van der Waals surface area contributed by atoms with E-state index >= 15 is 0 Å². The van der Waals surface area contributed by atoms with Crippen LogP contribution in [0.1, 0.15) is 25.7 Å². The fraction of sp³-hybridized carbons (Fsp3) is 0.800. The fourth-order valence-electron chi connectivity index (χ4n) is 2.34. The number of piperidine rings is 1. The van der Waals surface area contributed by atoms with Gasteiger partial charge in [0.15, 0.2) is 0 Å². The Kier molecular flexibility index (Phi) is 3.20. The number of nitrogens with zero attached hydrogens (tertiary/aromatic N) is 2. The van der Waals surface area contributed by atoms with Gasteiger partial charge in [-0.1, -0.05) is 11.6 Å². The van der Waals surface area contributed by atoms with Crippen LogP contribution in [0.2, 0.25) is 0 Å². The van der Waals surface area contributed by atoms with Gasteiger partial charge < -0.3 is 9.94 Å². The van der Waals surface area contributed by atoms with Gasteiger partial charge >= 0.3 is 5.97 Å². The number of carboxylic acid groups (broad SMARTS) is 1. The molecule has 2 saturated heterocycles. The summed E-state index contributed by atoms with van der Waals surface area (Å²) < 4.78 is 0. The summed E-state index contributed by atoms with van der Waals surface area (Å²) >= 11 is 0. The second-order valence-corrected chi connectivity index (χ2v) is 4.05. The molecule has 0 saturated carbocycles. The SMILES string of the molecule is O=C(O)CON=C1CCN2CCCCC12. The number of rotatable bonds is 3. The lowest BCUT2D eigenvalue weighted by Crippen LogP contribution is -2.37. The quantitative estimate of drug-likeness (QED) is 0.699. The normalized spacial score (nSPS) is 29.1. The molecule has 0 spiro atoms. The summed E-state index contributed by atoms with van der Waals surface area (Å²) in [7, 11) is 0. The van der Waals surface area contributed by atoms with Crippen molar-refractivity contribution in [3.05, 3.63) is 0 Å². The van der Waals surface area contributed by atoms with Crippen LogP contribution in [0.15, 0.2) is 5.16 Å². The second kappa shape index (κ2) is 4.61. The van der Waals surface area contributed by atoms with Gasteiger partial charge in [0.05, 0.1) is 11.8 Å². The predicted molar refractivity (Wildman–Crippen MR) is 54.9 cm³/mol. The molecule has 1 unspecified atom stereocenters. The van der Waals surface area contributed by atoms with Gasteiger partial charge in [-0.3, -0.25) is 4.90 Å². The first-order valence-corrected chi connectivity index (χ1v) is 5.42. The van der Waals surface area contributed by atoms with E-state index in [1.54, 1.807) is 0 Å². The summed E-state index contributed by atoms with van der Waals surface area (Å²) in [6, 6.07) is 0.410. The summed E-state index contributed by atoms with van der Waals surface area (Å²) in [4.78, 5) is 17.5. The Morgan fingerprint density at radius 3 is 3.20 bits per heavy atom. The largest absolute Gasteiger partial charge is 0.479 e. The number of carbonyl (C=O) groups is 1. The molecule has 2 heterocycles. The van der Waals surface area contributed by atoms with E-state index in [1.165, 1.54) is 12.8 Å². The molecule has 2 fully saturated rings. The fourth-order valence-corrected chi connectivity index (χ4v) is 2.34. The number of carboxylic acids is 1. The summed E-state index contributed by atoms with van der Waals surface area (Å²) in [6.07, 6.45) is 4.55. The molecule has 5 heteroatoms. The highest BCUT2D eigenvalue weighted by Crippen LogP contribution is 2.24. The van der Waals surface area contributed by atoms with Gasteiger partial charge in [0.1, 0.15) is 0 Å². The average Bonchev–Trinajstić information content (AvgIpc) is 2.62. The molecular formula is C10H16N2O3. The van der Waals surface area contributed by atoms with Crippen LogP contribution in [-0.4, -0.2) is 47.4 Å². The Morgan fingerprint density at radius 1 is 1.53 bits per heavy atom. The molecule has 15 heavy (non-hydrogen) atoms. The van der Waals surface area contributed by atoms with Crippen molar-refractivity contribution >= 4 is 11.7 Å². The molecule has 0 aliphatic carbocycles. The molecule has 2 aliphatic heterocycles. The van der Waals surface area contributed by atoms with Gasteiger partial charge in [-0.25, -0.2) is 4.79 Å². The standard InChI is InChI=1S/C10H16N2O3/c13-10(14)7-15-11-8-4-6-12-5-2-1-3-9(8)12/h9H,1-7H2,(H,13,14). The minimum atomic E-state index is -0.974. The van der Waals surface area contributed by atoms with E-state index in [2.05, 4.69) is 10.1 Å². The van der Waals surface area contributed by atoms with Crippen LogP contribution in [0.5, 0.6) is 0 Å². The van der Waals surface area contributed by atoms with Crippen molar-refractivity contribution in [1.82, 2.24) is 4.90 Å². The van der Waals surface area contributed by atoms with E-state index in [-0.39, 0.29) is 6.61 Å². The maximum atomic E-state index is 10.3. The summed E-state index contributed by atoms with van der Waals surface area (Å²) in [5.74, 6) is -0.974. The topological polar surface area (TPSA) is 62.1 Å². The van der Waals surface area contributed by atoms with Gasteiger partial charge in [0, 0.05) is 13.0 Å². The molecule has 0 bridgehead atoms. The first-order valence-electron chi connectivity index (χ1n) is 5.42. The Morgan fingerprint density at radius 2 is 2.40 bits per heavy atom. The van der Waals surface area contributed by atoms with Crippen molar-refractivity contribution in [3.8, 4) is 0 Å². The van der Waals surface area contributed by atoms with Crippen LogP contribution < -0.4 is 0 Å². The zero-order chi connectivity index (χ0) is 10.7. The van der Waals surface area contributed by atoms with Crippen LogP contribution in [0.25, 0.3) is 0 Å². The number of hydrogen-bond acceptors (Lipinski definition) is 4. The minimum absolute atomic E-state index is 0.337. The molecule has 0 amide bonds. The summed E-state index contributed by atoms with van der Waals surface area (Å²) in [6.45, 7) is 1.85. The summed E-state index contributed by atoms with van der Waals surface area (Å²) in [5.41, 5.74) is 1.02.